The summed E-state index contributed by atoms with van der Waals surface area (Å²) >= 11 is 0. The quantitative estimate of drug-likeness (QED) is 0.745. The van der Waals surface area contributed by atoms with Gasteiger partial charge in [-0.15, -0.1) is 25.7 Å². The molecule has 0 aromatic carbocycles. The summed E-state index contributed by atoms with van der Waals surface area (Å²) in [6, 6.07) is -1.34. The van der Waals surface area contributed by atoms with Gasteiger partial charge >= 0.3 is 5.97 Å². The van der Waals surface area contributed by atoms with Crippen LogP contribution in [0.2, 0.25) is 0 Å². The van der Waals surface area contributed by atoms with Gasteiger partial charge in [0.05, 0.1) is 6.04 Å². The van der Waals surface area contributed by atoms with E-state index in [1.54, 1.807) is 0 Å². The average molecular weight is 355 g/mol. The summed E-state index contributed by atoms with van der Waals surface area (Å²) in [6.45, 7) is 14.4. The van der Waals surface area contributed by atoms with Crippen molar-refractivity contribution >= 4 is 11.9 Å². The highest BCUT2D eigenvalue weighted by atomic mass is 16.4. The number of carbonyl (C=O) groups is 2. The molecule has 1 fully saturated rings. The standard InChI is InChI=1S/C11H20N2O3.C3H8.C2H6.2C2H2/c1-11(2,3)8(12)9(14)13-6-4-5-7(13)10(15)16;1-3-2;3*1-2/h7-8H,4-6,12H2,1-3H3,(H,15,16);3H2,1-2H3;1-2H3;2*1-2H/t7-,8?;;;;/m0..../s1. The van der Waals surface area contributed by atoms with Crippen LogP contribution in [0.25, 0.3) is 0 Å². The van der Waals surface area contributed by atoms with Crippen LogP contribution in [0.15, 0.2) is 0 Å². The van der Waals surface area contributed by atoms with E-state index in [1.807, 2.05) is 34.6 Å². The third-order valence-corrected chi connectivity index (χ3v) is 3.02. The fourth-order valence-electron chi connectivity index (χ4n) is 1.84. The number of nitrogens with two attached hydrogens (primary N) is 1. The molecule has 0 aromatic heterocycles. The number of nitrogens with zero attached hydrogens (tertiary/aromatic N) is 1. The summed E-state index contributed by atoms with van der Waals surface area (Å²) in [5.74, 6) is -1.19. The van der Waals surface area contributed by atoms with E-state index in [0.29, 0.717) is 13.0 Å². The van der Waals surface area contributed by atoms with Gasteiger partial charge in [-0.1, -0.05) is 54.9 Å². The van der Waals surface area contributed by atoms with Crippen LogP contribution in [-0.4, -0.2) is 40.5 Å². The van der Waals surface area contributed by atoms with Crippen molar-refractivity contribution in [3.8, 4) is 25.7 Å². The summed E-state index contributed by atoms with van der Waals surface area (Å²) in [6.07, 6.45) is 18.5. The monoisotopic (exact) mass is 354 g/mol. The number of rotatable bonds is 2. The molecule has 0 bridgehead atoms. The number of carboxylic acids is 1. The van der Waals surface area contributed by atoms with E-state index in [4.69, 9.17) is 10.8 Å². The van der Waals surface area contributed by atoms with Crippen LogP contribution in [0.4, 0.5) is 0 Å². The number of carboxylic acid groups (broad SMARTS) is 1. The molecule has 1 saturated heterocycles. The fraction of sp³-hybridized carbons (Fsp3) is 0.700. The molecule has 1 aliphatic rings. The zero-order valence-corrected chi connectivity index (χ0v) is 17.1. The van der Waals surface area contributed by atoms with E-state index < -0.39 is 18.1 Å². The van der Waals surface area contributed by atoms with Gasteiger partial charge in [-0.2, -0.15) is 0 Å². The maximum atomic E-state index is 12.0. The number of terminal acetylenes is 2. The van der Waals surface area contributed by atoms with Crippen molar-refractivity contribution in [2.24, 2.45) is 11.1 Å². The molecule has 2 atom stereocenters. The number of likely N-dealkylation sites (tertiary alicyclic amines) is 1. The lowest BCUT2D eigenvalue weighted by molar-refractivity contribution is -0.149. The molecule has 1 unspecified atom stereocenters. The molecule has 1 amide bonds. The number of aliphatic carboxylic acids is 1. The van der Waals surface area contributed by atoms with E-state index in [9.17, 15) is 9.59 Å². The Hall–Kier alpha value is -1.98. The summed E-state index contributed by atoms with van der Waals surface area (Å²) in [4.78, 5) is 24.4. The molecule has 0 saturated carbocycles. The molecule has 0 aliphatic carbocycles. The highest BCUT2D eigenvalue weighted by Crippen LogP contribution is 2.24. The first kappa shape index (κ1) is 30.9. The van der Waals surface area contributed by atoms with Crippen LogP contribution >= 0.6 is 0 Å². The number of carbonyl (C=O) groups excluding carboxylic acids is 1. The number of hydrogen-bond acceptors (Lipinski definition) is 3. The maximum Gasteiger partial charge on any atom is 0.326 e. The van der Waals surface area contributed by atoms with Crippen molar-refractivity contribution in [1.29, 1.82) is 0 Å². The third kappa shape index (κ3) is 13.0. The maximum absolute atomic E-state index is 12.0. The second-order valence-electron chi connectivity index (χ2n) is 6.08. The molecule has 0 radical (unpaired) electrons. The van der Waals surface area contributed by atoms with Crippen LogP contribution in [0, 0.1) is 31.1 Å². The van der Waals surface area contributed by atoms with E-state index in [0.717, 1.165) is 6.42 Å². The van der Waals surface area contributed by atoms with Crippen LogP contribution in [0.5, 0.6) is 0 Å². The van der Waals surface area contributed by atoms with Crippen LogP contribution in [-0.2, 0) is 9.59 Å². The predicted molar refractivity (Wildman–Crippen MR) is 107 cm³/mol. The zero-order chi connectivity index (χ0) is 21.2. The first-order chi connectivity index (χ1) is 11.7. The molecule has 5 heteroatoms. The van der Waals surface area contributed by atoms with E-state index in [1.165, 1.54) is 11.3 Å². The highest BCUT2D eigenvalue weighted by Gasteiger charge is 2.39. The Bertz CT molecular complexity index is 375. The van der Waals surface area contributed by atoms with Gasteiger partial charge in [0.25, 0.3) is 0 Å². The summed E-state index contributed by atoms with van der Waals surface area (Å²) in [5.41, 5.74) is 5.51. The number of amides is 1. The van der Waals surface area contributed by atoms with Gasteiger partial charge in [0.1, 0.15) is 6.04 Å². The van der Waals surface area contributed by atoms with Crippen LogP contribution in [0.1, 0.15) is 67.7 Å². The second kappa shape index (κ2) is 18.4. The molecule has 1 rings (SSSR count). The van der Waals surface area contributed by atoms with Gasteiger partial charge < -0.3 is 15.7 Å². The SMILES string of the molecule is C#C.C#C.CC.CC(C)(C)C(N)C(=O)N1CCC[C@H]1C(=O)O.CCC. The summed E-state index contributed by atoms with van der Waals surface area (Å²) in [5, 5.41) is 8.98. The molecule has 0 spiro atoms. The van der Waals surface area contributed by atoms with Gasteiger partial charge in [-0.05, 0) is 18.3 Å². The van der Waals surface area contributed by atoms with Crippen molar-refractivity contribution in [3.63, 3.8) is 0 Å². The van der Waals surface area contributed by atoms with Crippen molar-refractivity contribution < 1.29 is 14.7 Å². The van der Waals surface area contributed by atoms with Crippen LogP contribution < -0.4 is 5.73 Å². The average Bonchev–Trinajstić information content (AvgIpc) is 3.09. The van der Waals surface area contributed by atoms with Gasteiger partial charge in [0.15, 0.2) is 0 Å². The molecule has 0 aromatic rings. The fourth-order valence-corrected chi connectivity index (χ4v) is 1.84. The van der Waals surface area contributed by atoms with Gasteiger partial charge in [0.2, 0.25) is 5.91 Å². The highest BCUT2D eigenvalue weighted by molar-refractivity contribution is 5.87. The topological polar surface area (TPSA) is 83.6 Å². The van der Waals surface area contributed by atoms with Gasteiger partial charge in [0, 0.05) is 6.54 Å². The van der Waals surface area contributed by atoms with E-state index >= 15 is 0 Å². The van der Waals surface area contributed by atoms with E-state index in [-0.39, 0.29) is 11.3 Å². The Balaban J connectivity index is -0.000000210. The lowest BCUT2D eigenvalue weighted by Gasteiger charge is -2.31. The molecule has 3 N–H and O–H groups in total. The van der Waals surface area contributed by atoms with E-state index in [2.05, 4.69) is 39.5 Å². The molecular weight excluding hydrogens is 316 g/mol. The Morgan fingerprint density at radius 1 is 1.16 bits per heavy atom. The van der Waals surface area contributed by atoms with Gasteiger partial charge in [-0.3, -0.25) is 4.79 Å². The molecule has 1 heterocycles. The molecule has 1 aliphatic heterocycles. The van der Waals surface area contributed by atoms with Gasteiger partial charge in [-0.25, -0.2) is 4.79 Å². The van der Waals surface area contributed by atoms with Crippen molar-refractivity contribution in [1.82, 2.24) is 4.90 Å². The Kier molecular flexibility index (Phi) is 22.7. The van der Waals surface area contributed by atoms with Crippen LogP contribution in [0.3, 0.4) is 0 Å². The Morgan fingerprint density at radius 2 is 1.52 bits per heavy atom. The summed E-state index contributed by atoms with van der Waals surface area (Å²) < 4.78 is 0. The Morgan fingerprint density at radius 3 is 1.80 bits per heavy atom. The largest absolute Gasteiger partial charge is 0.480 e. The molecular formula is C20H38N2O3. The lowest BCUT2D eigenvalue weighted by atomic mass is 9.86. The van der Waals surface area contributed by atoms with Crippen molar-refractivity contribution in [3.05, 3.63) is 0 Å². The minimum atomic E-state index is -0.938. The molecule has 5 nitrogen and oxygen atoms in total. The third-order valence-electron chi connectivity index (χ3n) is 3.02. The number of hydrogen-bond donors (Lipinski definition) is 2. The predicted octanol–water partition coefficient (Wildman–Crippen LogP) is 3.38. The normalized spacial score (nSPS) is 16.0. The first-order valence-electron chi connectivity index (χ1n) is 8.62. The minimum absolute atomic E-state index is 0.252. The minimum Gasteiger partial charge on any atom is -0.480 e. The Labute approximate surface area is 155 Å². The first-order valence-corrected chi connectivity index (χ1v) is 8.62. The van der Waals surface area contributed by atoms with Crippen molar-refractivity contribution in [2.45, 2.75) is 79.8 Å². The second-order valence-corrected chi connectivity index (χ2v) is 6.08. The smallest absolute Gasteiger partial charge is 0.326 e. The molecule has 146 valence electrons. The molecule has 25 heavy (non-hydrogen) atoms. The zero-order valence-electron chi connectivity index (χ0n) is 17.1. The van der Waals surface area contributed by atoms with Crippen molar-refractivity contribution in [2.75, 3.05) is 6.54 Å². The summed E-state index contributed by atoms with van der Waals surface area (Å²) in [7, 11) is 0. The lowest BCUT2D eigenvalue weighted by Crippen LogP contribution is -2.53.